The van der Waals surface area contributed by atoms with E-state index in [1.165, 1.54) is 20.9 Å². The number of likely N-dealkylation sites (tertiary alicyclic amines) is 1. The van der Waals surface area contributed by atoms with Crippen LogP contribution in [0.2, 0.25) is 0 Å². The first-order chi connectivity index (χ1) is 15.2. The number of thiophene rings is 1. The lowest BCUT2D eigenvalue weighted by Crippen LogP contribution is -2.44. The summed E-state index contributed by atoms with van der Waals surface area (Å²) in [6.45, 7) is 6.35. The van der Waals surface area contributed by atoms with Gasteiger partial charge in [0.15, 0.2) is 0 Å². The number of amides is 1. The molecule has 1 aromatic carbocycles. The molecule has 5 heteroatoms. The highest BCUT2D eigenvalue weighted by Gasteiger charge is 2.29. The van der Waals surface area contributed by atoms with E-state index in [2.05, 4.69) is 64.2 Å². The van der Waals surface area contributed by atoms with Crippen LogP contribution >= 0.6 is 11.3 Å². The van der Waals surface area contributed by atoms with Crippen LogP contribution in [0, 0.1) is 12.8 Å². The van der Waals surface area contributed by atoms with Gasteiger partial charge < -0.3 is 4.90 Å². The van der Waals surface area contributed by atoms with Crippen LogP contribution in [0.1, 0.15) is 33.7 Å². The predicted octanol–water partition coefficient (Wildman–Crippen LogP) is 4.94. The van der Waals surface area contributed by atoms with Crippen molar-refractivity contribution < 1.29 is 4.79 Å². The van der Waals surface area contributed by atoms with E-state index in [9.17, 15) is 4.79 Å². The smallest absolute Gasteiger partial charge is 0.227 e. The van der Waals surface area contributed by atoms with Gasteiger partial charge in [-0.1, -0.05) is 36.4 Å². The molecular formula is C26H31N3OS. The lowest BCUT2D eigenvalue weighted by Gasteiger charge is -2.35. The number of aromatic nitrogens is 1. The second kappa shape index (κ2) is 10.7. The van der Waals surface area contributed by atoms with Crippen LogP contribution in [0.25, 0.3) is 0 Å². The zero-order valence-electron chi connectivity index (χ0n) is 18.2. The Kier molecular flexibility index (Phi) is 7.49. The first-order valence-corrected chi connectivity index (χ1v) is 12.0. The number of piperidine rings is 1. The molecule has 0 spiro atoms. The van der Waals surface area contributed by atoms with Crippen LogP contribution in [0.5, 0.6) is 0 Å². The van der Waals surface area contributed by atoms with E-state index in [1.54, 1.807) is 11.3 Å². The zero-order chi connectivity index (χ0) is 21.5. The van der Waals surface area contributed by atoms with Gasteiger partial charge in [0, 0.05) is 41.8 Å². The molecule has 4 nitrogen and oxygen atoms in total. The average molecular weight is 434 g/mol. The van der Waals surface area contributed by atoms with Crippen LogP contribution in [0.4, 0.5) is 0 Å². The van der Waals surface area contributed by atoms with Crippen molar-refractivity contribution in [2.24, 2.45) is 5.92 Å². The molecule has 3 heterocycles. The molecule has 162 valence electrons. The Morgan fingerprint density at radius 2 is 1.97 bits per heavy atom. The molecule has 1 saturated heterocycles. The summed E-state index contributed by atoms with van der Waals surface area (Å²) in [4.78, 5) is 24.9. The molecule has 0 aliphatic carbocycles. The Morgan fingerprint density at radius 1 is 1.13 bits per heavy atom. The van der Waals surface area contributed by atoms with E-state index < -0.39 is 0 Å². The SMILES string of the molecule is Cc1ccc(CN(CCc2ccccc2)C(=O)[C@H]2CCCN(Cc3cccnc3)C2)s1. The van der Waals surface area contributed by atoms with Crippen molar-refractivity contribution in [1.29, 1.82) is 0 Å². The van der Waals surface area contributed by atoms with Crippen molar-refractivity contribution in [2.45, 2.75) is 39.3 Å². The normalized spacial score (nSPS) is 16.9. The van der Waals surface area contributed by atoms with Gasteiger partial charge in [-0.25, -0.2) is 0 Å². The van der Waals surface area contributed by atoms with Gasteiger partial charge in [-0.3, -0.25) is 14.7 Å². The first-order valence-electron chi connectivity index (χ1n) is 11.2. The van der Waals surface area contributed by atoms with E-state index in [0.717, 1.165) is 45.4 Å². The van der Waals surface area contributed by atoms with Crippen molar-refractivity contribution >= 4 is 17.2 Å². The summed E-state index contributed by atoms with van der Waals surface area (Å²) in [5.74, 6) is 0.375. The van der Waals surface area contributed by atoms with Gasteiger partial charge in [-0.15, -0.1) is 11.3 Å². The molecule has 4 rings (SSSR count). The predicted molar refractivity (Wildman–Crippen MR) is 127 cm³/mol. The molecule has 1 atom stereocenters. The van der Waals surface area contributed by atoms with Gasteiger partial charge in [0.1, 0.15) is 0 Å². The van der Waals surface area contributed by atoms with E-state index in [-0.39, 0.29) is 5.92 Å². The van der Waals surface area contributed by atoms with Crippen LogP contribution in [0.3, 0.4) is 0 Å². The molecule has 0 bridgehead atoms. The fourth-order valence-electron chi connectivity index (χ4n) is 4.34. The summed E-state index contributed by atoms with van der Waals surface area (Å²) in [6.07, 6.45) is 6.68. The van der Waals surface area contributed by atoms with Gasteiger partial charge in [0.05, 0.1) is 12.5 Å². The quantitative estimate of drug-likeness (QED) is 0.505. The summed E-state index contributed by atoms with van der Waals surface area (Å²) >= 11 is 1.79. The summed E-state index contributed by atoms with van der Waals surface area (Å²) in [5, 5.41) is 0. The van der Waals surface area contributed by atoms with Crippen LogP contribution in [0.15, 0.2) is 67.0 Å². The van der Waals surface area contributed by atoms with Crippen LogP contribution < -0.4 is 0 Å². The number of nitrogens with zero attached hydrogens (tertiary/aromatic N) is 3. The van der Waals surface area contributed by atoms with Gasteiger partial charge in [-0.05, 0) is 62.1 Å². The molecule has 0 unspecified atom stereocenters. The number of aryl methyl sites for hydroxylation is 1. The number of pyridine rings is 1. The van der Waals surface area contributed by atoms with Crippen LogP contribution in [-0.2, 0) is 24.3 Å². The molecule has 1 fully saturated rings. The van der Waals surface area contributed by atoms with Crippen molar-refractivity contribution in [3.63, 3.8) is 0 Å². The summed E-state index contributed by atoms with van der Waals surface area (Å²) in [6, 6.07) is 18.9. The molecule has 1 aliphatic rings. The molecular weight excluding hydrogens is 402 g/mol. The monoisotopic (exact) mass is 433 g/mol. The second-order valence-corrected chi connectivity index (χ2v) is 9.82. The Labute approximate surface area is 189 Å². The van der Waals surface area contributed by atoms with Gasteiger partial charge in [0.2, 0.25) is 5.91 Å². The van der Waals surface area contributed by atoms with Gasteiger partial charge in [-0.2, -0.15) is 0 Å². The fraction of sp³-hybridized carbons (Fsp3) is 0.385. The van der Waals surface area contributed by atoms with E-state index in [0.29, 0.717) is 12.5 Å². The van der Waals surface area contributed by atoms with E-state index in [1.807, 2.05) is 24.5 Å². The molecule has 2 aromatic heterocycles. The van der Waals surface area contributed by atoms with Gasteiger partial charge in [0.25, 0.3) is 0 Å². The topological polar surface area (TPSA) is 36.4 Å². The fourth-order valence-corrected chi connectivity index (χ4v) is 5.25. The highest BCUT2D eigenvalue weighted by atomic mass is 32.1. The third kappa shape index (κ3) is 6.25. The van der Waals surface area contributed by atoms with E-state index >= 15 is 0 Å². The minimum Gasteiger partial charge on any atom is -0.337 e. The van der Waals surface area contributed by atoms with Crippen molar-refractivity contribution in [1.82, 2.24) is 14.8 Å². The minimum atomic E-state index is 0.0715. The van der Waals surface area contributed by atoms with Crippen molar-refractivity contribution in [3.05, 3.63) is 87.9 Å². The number of carbonyl (C=O) groups is 1. The number of rotatable bonds is 8. The maximum Gasteiger partial charge on any atom is 0.227 e. The Balaban J connectivity index is 1.43. The van der Waals surface area contributed by atoms with Crippen molar-refractivity contribution in [2.75, 3.05) is 19.6 Å². The first kappa shape index (κ1) is 21.7. The second-order valence-electron chi connectivity index (χ2n) is 8.44. The molecule has 3 aromatic rings. The molecule has 0 radical (unpaired) electrons. The number of carbonyl (C=O) groups excluding carboxylic acids is 1. The largest absolute Gasteiger partial charge is 0.337 e. The average Bonchev–Trinajstić information content (AvgIpc) is 3.22. The summed E-state index contributed by atoms with van der Waals surface area (Å²) in [5.41, 5.74) is 2.50. The third-order valence-electron chi connectivity index (χ3n) is 5.95. The van der Waals surface area contributed by atoms with Crippen LogP contribution in [-0.4, -0.2) is 40.3 Å². The Bertz CT molecular complexity index is 957. The number of hydrogen-bond donors (Lipinski definition) is 0. The maximum absolute atomic E-state index is 13.6. The van der Waals surface area contributed by atoms with Crippen molar-refractivity contribution in [3.8, 4) is 0 Å². The molecule has 31 heavy (non-hydrogen) atoms. The third-order valence-corrected chi connectivity index (χ3v) is 6.94. The number of hydrogen-bond acceptors (Lipinski definition) is 4. The van der Waals surface area contributed by atoms with Gasteiger partial charge >= 0.3 is 0 Å². The summed E-state index contributed by atoms with van der Waals surface area (Å²) in [7, 11) is 0. The highest BCUT2D eigenvalue weighted by molar-refractivity contribution is 7.11. The lowest BCUT2D eigenvalue weighted by molar-refractivity contribution is -0.138. The molecule has 0 N–H and O–H groups in total. The lowest BCUT2D eigenvalue weighted by atomic mass is 9.95. The molecule has 1 aliphatic heterocycles. The number of benzene rings is 1. The highest BCUT2D eigenvalue weighted by Crippen LogP contribution is 2.24. The van der Waals surface area contributed by atoms with E-state index in [4.69, 9.17) is 0 Å². The minimum absolute atomic E-state index is 0.0715. The Morgan fingerprint density at radius 3 is 2.71 bits per heavy atom. The molecule has 0 saturated carbocycles. The standard InChI is InChI=1S/C26H31N3OS/c1-21-11-12-25(31-21)20-29(16-13-22-7-3-2-4-8-22)26(30)24-10-6-15-28(19-24)18-23-9-5-14-27-17-23/h2-5,7-9,11-12,14,17,24H,6,10,13,15-16,18-20H2,1H3/t24-/m0/s1. The zero-order valence-corrected chi connectivity index (χ0v) is 19.1. The Hall–Kier alpha value is -2.50. The molecule has 1 amide bonds. The maximum atomic E-state index is 13.6. The summed E-state index contributed by atoms with van der Waals surface area (Å²) < 4.78 is 0.